The van der Waals surface area contributed by atoms with Crippen molar-refractivity contribution in [1.82, 2.24) is 0 Å². The smallest absolute Gasteiger partial charge is 0.379 e. The van der Waals surface area contributed by atoms with Crippen LogP contribution in [0.2, 0.25) is 0 Å². The highest BCUT2D eigenvalue weighted by Crippen LogP contribution is 2.26. The number of hydrogen-bond donors (Lipinski definition) is 0. The van der Waals surface area contributed by atoms with E-state index in [1.165, 1.54) is 0 Å². The van der Waals surface area contributed by atoms with Crippen molar-refractivity contribution in [2.24, 2.45) is 0 Å². The number of esters is 1. The molecule has 0 radical (unpaired) electrons. The van der Waals surface area contributed by atoms with Crippen molar-refractivity contribution >= 4 is 27.7 Å². The first-order valence-electron chi connectivity index (χ1n) is 6.35. The van der Waals surface area contributed by atoms with Crippen LogP contribution >= 0.6 is 0 Å². The molecule has 20 heavy (non-hydrogen) atoms. The van der Waals surface area contributed by atoms with Gasteiger partial charge < -0.3 is 9.15 Å². The Morgan fingerprint density at radius 2 is 1.90 bits per heavy atom. The molecule has 0 fully saturated rings. The maximum atomic E-state index is 11.9. The molecule has 4 heteroatoms. The topological polar surface area (TPSA) is 56.5 Å². The molecule has 0 aliphatic rings. The number of fused-ring (bicyclic) bond motifs is 3. The summed E-state index contributed by atoms with van der Waals surface area (Å²) in [5.41, 5.74) is -0.139. The van der Waals surface area contributed by atoms with Gasteiger partial charge in [0.2, 0.25) is 5.75 Å². The molecule has 100 valence electrons. The fourth-order valence-electron chi connectivity index (χ4n) is 2.10. The highest BCUT2D eigenvalue weighted by atomic mass is 16.5. The predicted octanol–water partition coefficient (Wildman–Crippen LogP) is 3.26. The van der Waals surface area contributed by atoms with Gasteiger partial charge in [-0.05, 0) is 11.5 Å². The lowest BCUT2D eigenvalue weighted by Crippen LogP contribution is -2.12. The first-order chi connectivity index (χ1) is 9.69. The molecule has 4 nitrogen and oxygen atoms in total. The summed E-state index contributed by atoms with van der Waals surface area (Å²) in [6.45, 7) is 1.67. The van der Waals surface area contributed by atoms with Gasteiger partial charge >= 0.3 is 11.6 Å². The van der Waals surface area contributed by atoms with E-state index in [0.29, 0.717) is 5.58 Å². The Balaban J connectivity index is 2.25. The van der Waals surface area contributed by atoms with E-state index in [0.717, 1.165) is 16.2 Å². The average molecular weight is 268 g/mol. The Labute approximate surface area is 114 Å². The molecule has 0 bridgehead atoms. The number of carbonyl (C=O) groups is 1. The van der Waals surface area contributed by atoms with Gasteiger partial charge in [0, 0.05) is 17.2 Å². The molecule has 1 heterocycles. The second-order valence-corrected chi connectivity index (χ2v) is 4.43. The van der Waals surface area contributed by atoms with Gasteiger partial charge in [-0.15, -0.1) is 0 Å². The second-order valence-electron chi connectivity index (χ2n) is 4.43. The minimum Gasteiger partial charge on any atom is -0.419 e. The molecule has 0 atom stereocenters. The lowest BCUT2D eigenvalue weighted by molar-refractivity contribution is -0.134. The van der Waals surface area contributed by atoms with Crippen molar-refractivity contribution in [2.45, 2.75) is 13.3 Å². The third-order valence-corrected chi connectivity index (χ3v) is 3.11. The first-order valence-corrected chi connectivity index (χ1v) is 6.35. The molecule has 2 aromatic carbocycles. The van der Waals surface area contributed by atoms with Crippen molar-refractivity contribution in [3.63, 3.8) is 0 Å². The van der Waals surface area contributed by atoms with Crippen LogP contribution in [0.15, 0.2) is 51.7 Å². The van der Waals surface area contributed by atoms with Gasteiger partial charge in [0.1, 0.15) is 5.58 Å². The highest BCUT2D eigenvalue weighted by Gasteiger charge is 2.11. The minimum atomic E-state index is -0.643. The lowest BCUT2D eigenvalue weighted by Gasteiger charge is -2.05. The molecule has 1 aromatic heterocycles. The Morgan fingerprint density at radius 3 is 2.70 bits per heavy atom. The summed E-state index contributed by atoms with van der Waals surface area (Å²) in [5.74, 6) is -0.530. The fourth-order valence-corrected chi connectivity index (χ4v) is 2.10. The largest absolute Gasteiger partial charge is 0.419 e. The van der Waals surface area contributed by atoms with E-state index in [1.807, 2.05) is 36.4 Å². The number of hydrogen-bond acceptors (Lipinski definition) is 4. The van der Waals surface area contributed by atoms with Crippen LogP contribution in [0.5, 0.6) is 5.75 Å². The maximum absolute atomic E-state index is 11.9. The van der Waals surface area contributed by atoms with Gasteiger partial charge in [-0.1, -0.05) is 43.3 Å². The van der Waals surface area contributed by atoms with Gasteiger partial charge in [-0.25, -0.2) is 4.79 Å². The molecule has 0 aliphatic heterocycles. The van der Waals surface area contributed by atoms with Crippen LogP contribution in [0.4, 0.5) is 0 Å². The van der Waals surface area contributed by atoms with Crippen LogP contribution in [0.3, 0.4) is 0 Å². The molecule has 3 aromatic rings. The SMILES string of the molecule is CCC(=O)Oc1cc2ccc3ccccc3c2oc1=O. The first kappa shape index (κ1) is 12.4. The fraction of sp³-hybridized carbons (Fsp3) is 0.125. The van der Waals surface area contributed by atoms with E-state index >= 15 is 0 Å². The van der Waals surface area contributed by atoms with Gasteiger partial charge in [-0.2, -0.15) is 0 Å². The summed E-state index contributed by atoms with van der Waals surface area (Å²) in [6, 6.07) is 12.9. The minimum absolute atomic E-state index is 0.0698. The molecule has 0 saturated heterocycles. The number of benzene rings is 2. The third kappa shape index (κ3) is 2.05. The summed E-state index contributed by atoms with van der Waals surface area (Å²) in [4.78, 5) is 23.2. The highest BCUT2D eigenvalue weighted by molar-refractivity contribution is 6.04. The lowest BCUT2D eigenvalue weighted by atomic mass is 10.1. The average Bonchev–Trinajstić information content (AvgIpc) is 2.48. The normalized spacial score (nSPS) is 10.8. The zero-order chi connectivity index (χ0) is 14.1. The van der Waals surface area contributed by atoms with Crippen molar-refractivity contribution in [1.29, 1.82) is 0 Å². The van der Waals surface area contributed by atoms with Crippen molar-refractivity contribution < 1.29 is 13.9 Å². The van der Waals surface area contributed by atoms with E-state index in [-0.39, 0.29) is 12.2 Å². The van der Waals surface area contributed by atoms with Crippen molar-refractivity contribution in [3.8, 4) is 5.75 Å². The van der Waals surface area contributed by atoms with Crippen LogP contribution in [-0.4, -0.2) is 5.97 Å². The summed E-state index contributed by atoms with van der Waals surface area (Å²) in [7, 11) is 0. The van der Waals surface area contributed by atoms with Crippen LogP contribution in [0.25, 0.3) is 21.7 Å². The van der Waals surface area contributed by atoms with Gasteiger partial charge in [0.15, 0.2) is 0 Å². The zero-order valence-electron chi connectivity index (χ0n) is 10.9. The van der Waals surface area contributed by atoms with E-state index in [1.54, 1.807) is 13.0 Å². The zero-order valence-corrected chi connectivity index (χ0v) is 10.9. The molecule has 0 unspecified atom stereocenters. The van der Waals surface area contributed by atoms with Gasteiger partial charge in [0.25, 0.3) is 0 Å². The van der Waals surface area contributed by atoms with Crippen molar-refractivity contribution in [2.75, 3.05) is 0 Å². The van der Waals surface area contributed by atoms with Gasteiger partial charge in [-0.3, -0.25) is 4.79 Å². The molecule has 0 saturated carbocycles. The van der Waals surface area contributed by atoms with E-state index in [2.05, 4.69) is 0 Å². The van der Waals surface area contributed by atoms with Gasteiger partial charge in [0.05, 0.1) is 0 Å². The monoisotopic (exact) mass is 268 g/mol. The predicted molar refractivity (Wildman–Crippen MR) is 75.9 cm³/mol. The standard InChI is InChI=1S/C16H12O4/c1-2-14(17)19-13-9-11-8-7-10-5-3-4-6-12(10)15(11)20-16(13)18/h3-9H,2H2,1H3. The van der Waals surface area contributed by atoms with E-state index < -0.39 is 11.6 Å². The Bertz CT molecular complexity index is 861. The maximum Gasteiger partial charge on any atom is 0.379 e. The Morgan fingerprint density at radius 1 is 1.15 bits per heavy atom. The molecule has 0 spiro atoms. The van der Waals surface area contributed by atoms with E-state index in [4.69, 9.17) is 9.15 Å². The molecular formula is C16H12O4. The number of carbonyl (C=O) groups excluding carboxylic acids is 1. The molecule has 0 N–H and O–H groups in total. The van der Waals surface area contributed by atoms with Crippen LogP contribution in [-0.2, 0) is 4.79 Å². The third-order valence-electron chi connectivity index (χ3n) is 3.11. The van der Waals surface area contributed by atoms with Crippen LogP contribution in [0, 0.1) is 0 Å². The van der Waals surface area contributed by atoms with E-state index in [9.17, 15) is 9.59 Å². The second kappa shape index (κ2) is 4.81. The quantitative estimate of drug-likeness (QED) is 0.406. The summed E-state index contributed by atoms with van der Waals surface area (Å²) in [6.07, 6.45) is 0.204. The van der Waals surface area contributed by atoms with Crippen LogP contribution in [0.1, 0.15) is 13.3 Å². The number of rotatable bonds is 2. The summed E-state index contributed by atoms with van der Waals surface area (Å²) in [5, 5.41) is 2.57. The molecule has 0 amide bonds. The Kier molecular flexibility index (Phi) is 2.99. The summed E-state index contributed by atoms with van der Waals surface area (Å²) >= 11 is 0. The van der Waals surface area contributed by atoms with Crippen LogP contribution < -0.4 is 10.4 Å². The van der Waals surface area contributed by atoms with Crippen molar-refractivity contribution in [3.05, 3.63) is 52.9 Å². The summed E-state index contributed by atoms with van der Waals surface area (Å²) < 4.78 is 10.3. The molecule has 0 aliphatic carbocycles. The molecular weight excluding hydrogens is 256 g/mol. The molecule has 3 rings (SSSR count). The number of ether oxygens (including phenoxy) is 1. The Hall–Kier alpha value is -2.62.